The van der Waals surface area contributed by atoms with E-state index in [0.29, 0.717) is 45.2 Å². The van der Waals surface area contributed by atoms with Crippen LogP contribution in [0.4, 0.5) is 0 Å². The van der Waals surface area contributed by atoms with Crippen molar-refractivity contribution in [3.63, 3.8) is 0 Å². The molecule has 2 N–H and O–H groups in total. The van der Waals surface area contributed by atoms with E-state index in [9.17, 15) is 18.0 Å². The van der Waals surface area contributed by atoms with E-state index >= 15 is 0 Å². The zero-order chi connectivity index (χ0) is 15.6. The summed E-state index contributed by atoms with van der Waals surface area (Å²) in [5.74, 6) is -1.38. The average Bonchev–Trinajstić information content (AvgIpc) is 2.86. The van der Waals surface area contributed by atoms with E-state index in [2.05, 4.69) is 4.72 Å². The third-order valence-electron chi connectivity index (χ3n) is 4.32. The Bertz CT molecular complexity index is 511. The first-order valence-corrected chi connectivity index (χ1v) is 9.14. The number of carbonyl (C=O) groups is 2. The lowest BCUT2D eigenvalue weighted by atomic mass is 10.0. The molecule has 0 aromatic rings. The number of rotatable bonds is 4. The summed E-state index contributed by atoms with van der Waals surface area (Å²) in [4.78, 5) is 25.0. The molecule has 1 heterocycles. The van der Waals surface area contributed by atoms with E-state index in [-0.39, 0.29) is 17.9 Å². The molecule has 1 saturated heterocycles. The highest BCUT2D eigenvalue weighted by Gasteiger charge is 2.36. The molecule has 2 aliphatic rings. The zero-order valence-corrected chi connectivity index (χ0v) is 12.9. The molecule has 0 aromatic heterocycles. The lowest BCUT2D eigenvalue weighted by Gasteiger charge is -2.33. The average molecular weight is 318 g/mol. The lowest BCUT2D eigenvalue weighted by Crippen LogP contribution is -2.47. The lowest BCUT2D eigenvalue weighted by molar-refractivity contribution is -0.141. The van der Waals surface area contributed by atoms with Gasteiger partial charge in [-0.25, -0.2) is 13.1 Å². The summed E-state index contributed by atoms with van der Waals surface area (Å²) < 4.78 is 24.9. The van der Waals surface area contributed by atoms with Crippen LogP contribution in [0.1, 0.15) is 32.1 Å². The van der Waals surface area contributed by atoms with Gasteiger partial charge >= 0.3 is 5.97 Å². The quantitative estimate of drug-likeness (QED) is 0.761. The topological polar surface area (TPSA) is 104 Å². The van der Waals surface area contributed by atoms with Gasteiger partial charge in [0.2, 0.25) is 15.9 Å². The predicted molar refractivity (Wildman–Crippen MR) is 76.0 cm³/mol. The van der Waals surface area contributed by atoms with Crippen molar-refractivity contribution < 1.29 is 23.1 Å². The molecule has 2 rings (SSSR count). The Hall–Kier alpha value is -1.15. The first kappa shape index (κ1) is 16.2. The monoisotopic (exact) mass is 318 g/mol. The van der Waals surface area contributed by atoms with Crippen LogP contribution in [0.25, 0.3) is 0 Å². The molecule has 0 spiro atoms. The van der Waals surface area contributed by atoms with Crippen molar-refractivity contribution in [3.05, 3.63) is 0 Å². The second kappa shape index (κ2) is 6.31. The van der Waals surface area contributed by atoms with E-state index in [4.69, 9.17) is 5.11 Å². The number of carbonyl (C=O) groups excluding carboxylic acids is 1. The van der Waals surface area contributed by atoms with Gasteiger partial charge in [-0.3, -0.25) is 9.59 Å². The molecule has 1 saturated carbocycles. The molecule has 2 atom stereocenters. The number of sulfonamides is 1. The number of amides is 1. The van der Waals surface area contributed by atoms with Crippen LogP contribution >= 0.6 is 0 Å². The maximum absolute atomic E-state index is 12.4. The van der Waals surface area contributed by atoms with Crippen molar-refractivity contribution in [1.29, 1.82) is 0 Å². The second-order valence-corrected chi connectivity index (χ2v) is 7.81. The molecular formula is C13H22N2O5S. The Morgan fingerprint density at radius 1 is 1.10 bits per heavy atom. The number of hydrogen-bond donors (Lipinski definition) is 2. The minimum absolute atomic E-state index is 0.0246. The van der Waals surface area contributed by atoms with Gasteiger partial charge in [-0.15, -0.1) is 0 Å². The van der Waals surface area contributed by atoms with Crippen molar-refractivity contribution in [2.75, 3.05) is 19.3 Å². The summed E-state index contributed by atoms with van der Waals surface area (Å²) >= 11 is 0. The van der Waals surface area contributed by atoms with Gasteiger partial charge in [0.05, 0.1) is 12.2 Å². The van der Waals surface area contributed by atoms with Gasteiger partial charge in [0.1, 0.15) is 0 Å². The molecule has 120 valence electrons. The Balaban J connectivity index is 1.82. The van der Waals surface area contributed by atoms with Crippen LogP contribution in [0.15, 0.2) is 0 Å². The molecule has 1 aliphatic heterocycles. The predicted octanol–water partition coefficient (Wildman–Crippen LogP) is 0.0275. The molecule has 1 aliphatic carbocycles. The number of carboxylic acids is 1. The highest BCUT2D eigenvalue weighted by Crippen LogP contribution is 2.33. The fourth-order valence-electron chi connectivity index (χ4n) is 3.21. The summed E-state index contributed by atoms with van der Waals surface area (Å²) in [6.07, 6.45) is 3.97. The van der Waals surface area contributed by atoms with Crippen LogP contribution in [-0.2, 0) is 19.6 Å². The molecule has 2 unspecified atom stereocenters. The van der Waals surface area contributed by atoms with E-state index < -0.39 is 21.9 Å². The third-order valence-corrected chi connectivity index (χ3v) is 5.08. The Kier molecular flexibility index (Phi) is 4.88. The molecule has 0 aromatic carbocycles. The third kappa shape index (κ3) is 4.41. The highest BCUT2D eigenvalue weighted by atomic mass is 32.2. The van der Waals surface area contributed by atoms with Gasteiger partial charge in [0.25, 0.3) is 0 Å². The van der Waals surface area contributed by atoms with E-state index in [1.54, 1.807) is 4.90 Å². The number of nitrogens with zero attached hydrogens (tertiary/aromatic N) is 1. The summed E-state index contributed by atoms with van der Waals surface area (Å²) in [5.41, 5.74) is 0. The number of aliphatic carboxylic acids is 1. The minimum atomic E-state index is -3.21. The molecule has 0 bridgehead atoms. The normalized spacial score (nSPS) is 27.8. The SMILES string of the molecule is CS(=O)(=O)NC1CCN(C(=O)C2CCC(C(=O)O)C2)CC1. The van der Waals surface area contributed by atoms with Crippen LogP contribution in [0.2, 0.25) is 0 Å². The van der Waals surface area contributed by atoms with E-state index in [1.807, 2.05) is 0 Å². The van der Waals surface area contributed by atoms with Crippen LogP contribution in [0, 0.1) is 11.8 Å². The first-order valence-electron chi connectivity index (χ1n) is 7.25. The number of likely N-dealkylation sites (tertiary alicyclic amines) is 1. The maximum atomic E-state index is 12.4. The van der Waals surface area contributed by atoms with Crippen molar-refractivity contribution in [2.45, 2.75) is 38.1 Å². The molecule has 1 amide bonds. The van der Waals surface area contributed by atoms with Crippen LogP contribution in [0.3, 0.4) is 0 Å². The van der Waals surface area contributed by atoms with Gasteiger partial charge < -0.3 is 10.0 Å². The summed E-state index contributed by atoms with van der Waals surface area (Å²) in [6.45, 7) is 1.06. The van der Waals surface area contributed by atoms with E-state index in [1.165, 1.54) is 0 Å². The van der Waals surface area contributed by atoms with Gasteiger partial charge in [-0.05, 0) is 32.1 Å². The van der Waals surface area contributed by atoms with Crippen molar-refractivity contribution in [2.24, 2.45) is 11.8 Å². The van der Waals surface area contributed by atoms with Crippen molar-refractivity contribution in [3.8, 4) is 0 Å². The Morgan fingerprint density at radius 3 is 2.14 bits per heavy atom. The molecule has 2 fully saturated rings. The fourth-order valence-corrected chi connectivity index (χ4v) is 4.05. The number of piperidine rings is 1. The van der Waals surface area contributed by atoms with E-state index in [0.717, 1.165) is 6.26 Å². The molecule has 8 heteroatoms. The van der Waals surface area contributed by atoms with Gasteiger partial charge in [-0.1, -0.05) is 0 Å². The maximum Gasteiger partial charge on any atom is 0.306 e. The summed E-state index contributed by atoms with van der Waals surface area (Å²) in [5, 5.41) is 8.98. The Morgan fingerprint density at radius 2 is 1.67 bits per heavy atom. The number of hydrogen-bond acceptors (Lipinski definition) is 4. The van der Waals surface area contributed by atoms with Crippen LogP contribution in [-0.4, -0.2) is 55.7 Å². The second-order valence-electron chi connectivity index (χ2n) is 6.03. The van der Waals surface area contributed by atoms with Crippen molar-refractivity contribution >= 4 is 21.9 Å². The fraction of sp³-hybridized carbons (Fsp3) is 0.846. The summed E-state index contributed by atoms with van der Waals surface area (Å²) in [6, 6.07) is -0.112. The summed E-state index contributed by atoms with van der Waals surface area (Å²) in [7, 11) is -3.21. The number of carboxylic acid groups (broad SMARTS) is 1. The minimum Gasteiger partial charge on any atom is -0.481 e. The Labute approximate surface area is 124 Å². The molecule has 0 radical (unpaired) electrons. The molecular weight excluding hydrogens is 296 g/mol. The zero-order valence-electron chi connectivity index (χ0n) is 12.1. The smallest absolute Gasteiger partial charge is 0.306 e. The van der Waals surface area contributed by atoms with Crippen LogP contribution < -0.4 is 4.72 Å². The first-order chi connectivity index (χ1) is 9.76. The van der Waals surface area contributed by atoms with Gasteiger partial charge in [-0.2, -0.15) is 0 Å². The van der Waals surface area contributed by atoms with Gasteiger partial charge in [0, 0.05) is 25.0 Å². The van der Waals surface area contributed by atoms with Crippen LogP contribution in [0.5, 0.6) is 0 Å². The molecule has 7 nitrogen and oxygen atoms in total. The number of nitrogens with one attached hydrogen (secondary N) is 1. The largest absolute Gasteiger partial charge is 0.481 e. The van der Waals surface area contributed by atoms with Crippen molar-refractivity contribution in [1.82, 2.24) is 9.62 Å². The highest BCUT2D eigenvalue weighted by molar-refractivity contribution is 7.88. The van der Waals surface area contributed by atoms with Gasteiger partial charge in [0.15, 0.2) is 0 Å². The molecule has 21 heavy (non-hydrogen) atoms. The standard InChI is InChI=1S/C13H22N2O5S/c1-21(19,20)14-11-4-6-15(7-5-11)12(16)9-2-3-10(8-9)13(17)18/h9-11,14H,2-8H2,1H3,(H,17,18).